The standard InChI is InChI=1S/C25H27N5O/c1-3-30-23(20-8-4-17(2)5-9-20)22(19-10-6-18(16-26)7-11-19)28-24(25(30)31)29-14-12-21(27)13-15-29/h4-11,21H,3,12-15,27H2,1-2H3. The van der Waals surface area contributed by atoms with Crippen molar-refractivity contribution in [2.75, 3.05) is 18.0 Å². The van der Waals surface area contributed by atoms with Gasteiger partial charge in [0, 0.05) is 36.8 Å². The van der Waals surface area contributed by atoms with E-state index in [0.29, 0.717) is 17.9 Å². The summed E-state index contributed by atoms with van der Waals surface area (Å²) in [6.45, 7) is 6.01. The summed E-state index contributed by atoms with van der Waals surface area (Å²) in [5.74, 6) is 0.476. The number of hydrogen-bond donors (Lipinski definition) is 1. The fourth-order valence-electron chi connectivity index (χ4n) is 4.08. The van der Waals surface area contributed by atoms with E-state index in [-0.39, 0.29) is 11.6 Å². The Morgan fingerprint density at radius 1 is 1.06 bits per heavy atom. The molecule has 6 heteroatoms. The van der Waals surface area contributed by atoms with Gasteiger partial charge in [0.25, 0.3) is 5.56 Å². The van der Waals surface area contributed by atoms with Crippen molar-refractivity contribution in [2.45, 2.75) is 39.3 Å². The Hall–Kier alpha value is -3.43. The van der Waals surface area contributed by atoms with Crippen LogP contribution < -0.4 is 16.2 Å². The Kier molecular flexibility index (Phi) is 5.88. The maximum Gasteiger partial charge on any atom is 0.294 e. The van der Waals surface area contributed by atoms with E-state index in [1.807, 2.05) is 54.8 Å². The molecule has 3 aromatic rings. The van der Waals surface area contributed by atoms with Crippen molar-refractivity contribution >= 4 is 5.82 Å². The number of hydrogen-bond acceptors (Lipinski definition) is 5. The van der Waals surface area contributed by atoms with Crippen LogP contribution in [-0.2, 0) is 6.54 Å². The van der Waals surface area contributed by atoms with Crippen molar-refractivity contribution in [2.24, 2.45) is 5.73 Å². The van der Waals surface area contributed by atoms with Gasteiger partial charge < -0.3 is 15.2 Å². The second-order valence-electron chi connectivity index (χ2n) is 8.06. The lowest BCUT2D eigenvalue weighted by Crippen LogP contribution is -2.43. The Bertz CT molecular complexity index is 1160. The van der Waals surface area contributed by atoms with Crippen LogP contribution in [0.25, 0.3) is 22.5 Å². The number of piperidine rings is 1. The van der Waals surface area contributed by atoms with E-state index in [1.165, 1.54) is 0 Å². The van der Waals surface area contributed by atoms with E-state index in [4.69, 9.17) is 10.7 Å². The van der Waals surface area contributed by atoms with Crippen molar-refractivity contribution in [3.8, 4) is 28.6 Å². The van der Waals surface area contributed by atoms with E-state index >= 15 is 0 Å². The molecule has 0 atom stereocenters. The van der Waals surface area contributed by atoms with Gasteiger partial charge in [0.15, 0.2) is 5.82 Å². The molecule has 0 radical (unpaired) electrons. The van der Waals surface area contributed by atoms with Gasteiger partial charge >= 0.3 is 0 Å². The number of aryl methyl sites for hydroxylation is 1. The molecule has 4 rings (SSSR count). The highest BCUT2D eigenvalue weighted by atomic mass is 16.1. The maximum absolute atomic E-state index is 13.5. The van der Waals surface area contributed by atoms with Crippen LogP contribution in [0.3, 0.4) is 0 Å². The van der Waals surface area contributed by atoms with E-state index in [0.717, 1.165) is 54.0 Å². The third-order valence-electron chi connectivity index (χ3n) is 5.92. The van der Waals surface area contributed by atoms with Gasteiger partial charge in [-0.05, 0) is 38.8 Å². The Labute approximate surface area is 182 Å². The zero-order valence-corrected chi connectivity index (χ0v) is 18.0. The minimum atomic E-state index is -0.0778. The van der Waals surface area contributed by atoms with Crippen LogP contribution in [0.5, 0.6) is 0 Å². The van der Waals surface area contributed by atoms with Crippen LogP contribution >= 0.6 is 0 Å². The molecule has 2 aromatic carbocycles. The second-order valence-corrected chi connectivity index (χ2v) is 8.06. The monoisotopic (exact) mass is 413 g/mol. The third-order valence-corrected chi connectivity index (χ3v) is 5.92. The van der Waals surface area contributed by atoms with Crippen molar-refractivity contribution in [1.29, 1.82) is 5.26 Å². The number of aromatic nitrogens is 2. The summed E-state index contributed by atoms with van der Waals surface area (Å²) in [5, 5.41) is 9.18. The molecule has 0 spiro atoms. The summed E-state index contributed by atoms with van der Waals surface area (Å²) >= 11 is 0. The van der Waals surface area contributed by atoms with Crippen LogP contribution in [0.4, 0.5) is 5.82 Å². The molecular weight excluding hydrogens is 386 g/mol. The molecule has 31 heavy (non-hydrogen) atoms. The highest BCUT2D eigenvalue weighted by molar-refractivity contribution is 5.79. The molecule has 1 aliphatic rings. The van der Waals surface area contributed by atoms with Crippen molar-refractivity contribution in [3.63, 3.8) is 0 Å². The Balaban J connectivity index is 1.96. The van der Waals surface area contributed by atoms with Gasteiger partial charge in [0.1, 0.15) is 0 Å². The first-order chi connectivity index (χ1) is 15.0. The van der Waals surface area contributed by atoms with Crippen LogP contribution in [-0.4, -0.2) is 28.7 Å². The molecule has 0 unspecified atom stereocenters. The first kappa shape index (κ1) is 20.8. The van der Waals surface area contributed by atoms with E-state index < -0.39 is 0 Å². The molecule has 2 N–H and O–H groups in total. The van der Waals surface area contributed by atoms with Gasteiger partial charge in [-0.2, -0.15) is 5.26 Å². The first-order valence-electron chi connectivity index (χ1n) is 10.7. The fourth-order valence-corrected chi connectivity index (χ4v) is 4.08. The van der Waals surface area contributed by atoms with Crippen LogP contribution in [0.1, 0.15) is 30.9 Å². The van der Waals surface area contributed by atoms with Crippen molar-refractivity contribution < 1.29 is 0 Å². The molecule has 0 saturated carbocycles. The lowest BCUT2D eigenvalue weighted by Gasteiger charge is -2.31. The zero-order valence-electron chi connectivity index (χ0n) is 18.0. The highest BCUT2D eigenvalue weighted by Crippen LogP contribution is 2.32. The zero-order chi connectivity index (χ0) is 22.0. The SMILES string of the molecule is CCn1c(-c2ccc(C)cc2)c(-c2ccc(C#N)cc2)nc(N2CCC(N)CC2)c1=O. The quantitative estimate of drug-likeness (QED) is 0.704. The van der Waals surface area contributed by atoms with Crippen LogP contribution in [0, 0.1) is 18.3 Å². The molecule has 0 amide bonds. The minimum absolute atomic E-state index is 0.0778. The summed E-state index contributed by atoms with van der Waals surface area (Å²) in [5.41, 5.74) is 11.1. The van der Waals surface area contributed by atoms with E-state index in [2.05, 4.69) is 11.0 Å². The van der Waals surface area contributed by atoms with Crippen molar-refractivity contribution in [1.82, 2.24) is 9.55 Å². The van der Waals surface area contributed by atoms with Crippen LogP contribution in [0.15, 0.2) is 53.3 Å². The predicted octanol–water partition coefficient (Wildman–Crippen LogP) is 3.70. The average Bonchev–Trinajstić information content (AvgIpc) is 2.80. The molecule has 158 valence electrons. The minimum Gasteiger partial charge on any atom is -0.352 e. The summed E-state index contributed by atoms with van der Waals surface area (Å²) in [6.07, 6.45) is 1.69. The van der Waals surface area contributed by atoms with E-state index in [1.54, 1.807) is 12.1 Å². The summed E-state index contributed by atoms with van der Waals surface area (Å²) in [6, 6.07) is 17.9. The number of nitrogens with zero attached hydrogens (tertiary/aromatic N) is 4. The van der Waals surface area contributed by atoms with E-state index in [9.17, 15) is 10.1 Å². The Morgan fingerprint density at radius 3 is 2.26 bits per heavy atom. The lowest BCUT2D eigenvalue weighted by molar-refractivity contribution is 0.496. The fraction of sp³-hybridized carbons (Fsp3) is 0.320. The number of nitrogens with two attached hydrogens (primary N) is 1. The second kappa shape index (κ2) is 8.75. The van der Waals surface area contributed by atoms with Gasteiger partial charge in [-0.1, -0.05) is 42.0 Å². The average molecular weight is 414 g/mol. The maximum atomic E-state index is 13.5. The van der Waals surface area contributed by atoms with Gasteiger partial charge in [-0.3, -0.25) is 4.79 Å². The third kappa shape index (κ3) is 4.10. The van der Waals surface area contributed by atoms with Gasteiger partial charge in [0.05, 0.1) is 23.0 Å². The lowest BCUT2D eigenvalue weighted by atomic mass is 10.0. The number of anilines is 1. The number of benzene rings is 2. The molecule has 1 fully saturated rings. The van der Waals surface area contributed by atoms with Crippen molar-refractivity contribution in [3.05, 3.63) is 70.0 Å². The smallest absolute Gasteiger partial charge is 0.294 e. The normalized spacial score (nSPS) is 14.5. The first-order valence-corrected chi connectivity index (χ1v) is 10.7. The topological polar surface area (TPSA) is 87.9 Å². The van der Waals surface area contributed by atoms with Gasteiger partial charge in [-0.15, -0.1) is 0 Å². The number of rotatable bonds is 4. The highest BCUT2D eigenvalue weighted by Gasteiger charge is 2.24. The summed E-state index contributed by atoms with van der Waals surface area (Å²) < 4.78 is 1.81. The predicted molar refractivity (Wildman–Crippen MR) is 124 cm³/mol. The number of nitriles is 1. The van der Waals surface area contributed by atoms with Gasteiger partial charge in [0.2, 0.25) is 0 Å². The molecule has 1 aromatic heterocycles. The molecular formula is C25H27N5O. The Morgan fingerprint density at radius 2 is 1.68 bits per heavy atom. The molecule has 2 heterocycles. The summed E-state index contributed by atoms with van der Waals surface area (Å²) in [4.78, 5) is 20.5. The molecule has 0 bridgehead atoms. The summed E-state index contributed by atoms with van der Waals surface area (Å²) in [7, 11) is 0. The largest absolute Gasteiger partial charge is 0.352 e. The molecule has 1 aliphatic heterocycles. The van der Waals surface area contributed by atoms with Gasteiger partial charge in [-0.25, -0.2) is 4.98 Å². The molecule has 0 aliphatic carbocycles. The van der Waals surface area contributed by atoms with Crippen LogP contribution in [0.2, 0.25) is 0 Å². The molecule has 1 saturated heterocycles. The molecule has 6 nitrogen and oxygen atoms in total.